The van der Waals surface area contributed by atoms with Gasteiger partial charge in [0.1, 0.15) is 6.04 Å². The topological polar surface area (TPSA) is 105 Å². The average Bonchev–Trinajstić information content (AvgIpc) is 3.25. The van der Waals surface area contributed by atoms with E-state index in [2.05, 4.69) is 28.8 Å². The first-order valence-electron chi connectivity index (χ1n) is 10.4. The lowest BCUT2D eigenvalue weighted by Crippen LogP contribution is -2.52. The van der Waals surface area contributed by atoms with E-state index in [4.69, 9.17) is 5.73 Å². The van der Waals surface area contributed by atoms with Crippen LogP contribution in [0.3, 0.4) is 0 Å². The lowest BCUT2D eigenvalue weighted by Gasteiger charge is -2.29. The van der Waals surface area contributed by atoms with E-state index in [9.17, 15) is 14.4 Å². The Hall–Kier alpha value is -3.19. The highest BCUT2D eigenvalue weighted by atomic mass is 16.2. The van der Waals surface area contributed by atoms with Crippen molar-refractivity contribution in [2.24, 2.45) is 5.73 Å². The largest absolute Gasteiger partial charge is 0.381 e. The van der Waals surface area contributed by atoms with Gasteiger partial charge < -0.3 is 16.0 Å². The summed E-state index contributed by atoms with van der Waals surface area (Å²) in [5, 5.41) is 5.81. The van der Waals surface area contributed by atoms with Crippen LogP contribution in [0.5, 0.6) is 0 Å². The number of carbonyl (C=O) groups is 3. The van der Waals surface area contributed by atoms with Gasteiger partial charge in [-0.2, -0.15) is 0 Å². The summed E-state index contributed by atoms with van der Waals surface area (Å²) in [6.07, 6.45) is 2.46. The van der Waals surface area contributed by atoms with Crippen molar-refractivity contribution < 1.29 is 14.4 Å². The molecule has 1 saturated heterocycles. The van der Waals surface area contributed by atoms with Crippen molar-refractivity contribution in [2.75, 3.05) is 5.32 Å². The van der Waals surface area contributed by atoms with Crippen LogP contribution in [0.25, 0.3) is 0 Å². The molecule has 0 saturated carbocycles. The predicted molar refractivity (Wildman–Crippen MR) is 112 cm³/mol. The van der Waals surface area contributed by atoms with Gasteiger partial charge in [0, 0.05) is 36.8 Å². The number of fused-ring (bicyclic) bond motifs is 2. The molecule has 0 radical (unpaired) electrons. The van der Waals surface area contributed by atoms with E-state index in [0.29, 0.717) is 25.1 Å². The zero-order valence-corrected chi connectivity index (χ0v) is 16.6. The van der Waals surface area contributed by atoms with Gasteiger partial charge in [-0.25, -0.2) is 0 Å². The predicted octanol–water partition coefficient (Wildman–Crippen LogP) is 1.49. The Morgan fingerprint density at radius 3 is 2.77 bits per heavy atom. The number of nitrogens with two attached hydrogens (primary N) is 1. The molecule has 2 aromatic carbocycles. The molecule has 2 aromatic rings. The van der Waals surface area contributed by atoms with Gasteiger partial charge in [0.2, 0.25) is 11.8 Å². The normalized spacial score (nSPS) is 22.7. The molecule has 5 rings (SSSR count). The van der Waals surface area contributed by atoms with Crippen molar-refractivity contribution >= 4 is 23.4 Å². The number of piperidine rings is 1. The summed E-state index contributed by atoms with van der Waals surface area (Å²) in [6, 6.07) is 11.7. The molecule has 3 amide bonds. The van der Waals surface area contributed by atoms with Crippen LogP contribution in [-0.2, 0) is 35.5 Å². The van der Waals surface area contributed by atoms with Crippen LogP contribution in [0.4, 0.5) is 5.69 Å². The van der Waals surface area contributed by atoms with Gasteiger partial charge in [0.25, 0.3) is 5.91 Å². The highest BCUT2D eigenvalue weighted by Gasteiger charge is 2.39. The second-order valence-corrected chi connectivity index (χ2v) is 8.35. The van der Waals surface area contributed by atoms with Crippen LogP contribution in [0.15, 0.2) is 36.4 Å². The number of amides is 3. The summed E-state index contributed by atoms with van der Waals surface area (Å²) in [4.78, 5) is 38.2. The summed E-state index contributed by atoms with van der Waals surface area (Å²) in [7, 11) is 0. The van der Waals surface area contributed by atoms with Crippen LogP contribution in [0, 0.1) is 0 Å². The summed E-state index contributed by atoms with van der Waals surface area (Å²) in [6.45, 7) is 0.974. The molecule has 2 aliphatic heterocycles. The molecule has 1 fully saturated rings. The first-order chi connectivity index (χ1) is 14.5. The number of carbonyl (C=O) groups excluding carboxylic acids is 3. The van der Waals surface area contributed by atoms with Gasteiger partial charge in [-0.3, -0.25) is 19.7 Å². The Bertz CT molecular complexity index is 1060. The number of rotatable bonds is 4. The maximum absolute atomic E-state index is 12.9. The van der Waals surface area contributed by atoms with E-state index in [1.807, 2.05) is 18.2 Å². The Labute approximate surface area is 174 Å². The molecule has 2 unspecified atom stereocenters. The lowest BCUT2D eigenvalue weighted by molar-refractivity contribution is -0.136. The third-order valence-corrected chi connectivity index (χ3v) is 6.33. The SMILES string of the molecule is NC1Cc2ccc(NCc3cccc4c3CN(C3CCC(=O)NC3=O)C4=O)cc2C1. The van der Waals surface area contributed by atoms with Gasteiger partial charge >= 0.3 is 0 Å². The van der Waals surface area contributed by atoms with Gasteiger partial charge in [-0.1, -0.05) is 18.2 Å². The molecule has 1 aliphatic carbocycles. The molecule has 0 bridgehead atoms. The van der Waals surface area contributed by atoms with E-state index >= 15 is 0 Å². The number of nitrogens with zero attached hydrogens (tertiary/aromatic N) is 1. The van der Waals surface area contributed by atoms with Gasteiger partial charge in [0.05, 0.1) is 0 Å². The Kier molecular flexibility index (Phi) is 4.55. The zero-order chi connectivity index (χ0) is 20.8. The third-order valence-electron chi connectivity index (χ3n) is 6.33. The van der Waals surface area contributed by atoms with E-state index in [-0.39, 0.29) is 30.2 Å². The Balaban J connectivity index is 1.33. The first-order valence-corrected chi connectivity index (χ1v) is 10.4. The summed E-state index contributed by atoms with van der Waals surface area (Å²) in [5.74, 6) is -0.808. The fourth-order valence-electron chi connectivity index (χ4n) is 4.77. The fourth-order valence-corrected chi connectivity index (χ4v) is 4.77. The van der Waals surface area contributed by atoms with Crippen LogP contribution in [-0.4, -0.2) is 34.7 Å². The highest BCUT2D eigenvalue weighted by molar-refractivity contribution is 6.05. The summed E-state index contributed by atoms with van der Waals surface area (Å²) in [5.41, 5.74) is 12.3. The van der Waals surface area contributed by atoms with Crippen molar-refractivity contribution in [3.63, 3.8) is 0 Å². The molecule has 7 nitrogen and oxygen atoms in total. The van der Waals surface area contributed by atoms with Gasteiger partial charge in [0.15, 0.2) is 0 Å². The fraction of sp³-hybridized carbons (Fsp3) is 0.348. The Morgan fingerprint density at radius 2 is 1.93 bits per heavy atom. The second kappa shape index (κ2) is 7.25. The van der Waals surface area contributed by atoms with Crippen LogP contribution in [0.1, 0.15) is 45.5 Å². The minimum atomic E-state index is -0.593. The monoisotopic (exact) mass is 404 g/mol. The molecular formula is C23H24N4O3. The minimum Gasteiger partial charge on any atom is -0.381 e. The summed E-state index contributed by atoms with van der Waals surface area (Å²) >= 11 is 0. The van der Waals surface area contributed by atoms with Gasteiger partial charge in [-0.15, -0.1) is 0 Å². The van der Waals surface area contributed by atoms with Crippen molar-refractivity contribution in [1.29, 1.82) is 0 Å². The number of anilines is 1. The average molecular weight is 404 g/mol. The second-order valence-electron chi connectivity index (χ2n) is 8.35. The standard InChI is InChI=1S/C23H24N4O3/c24-16-8-13-4-5-17(10-15(13)9-16)25-11-14-2-1-3-18-19(14)12-27(23(18)30)20-6-7-21(28)26-22(20)29/h1-5,10,16,20,25H,6-9,11-12,24H2,(H,26,28,29). The van der Waals surface area contributed by atoms with Crippen LogP contribution >= 0.6 is 0 Å². The third kappa shape index (κ3) is 3.25. The number of hydrogen-bond acceptors (Lipinski definition) is 5. The van der Waals surface area contributed by atoms with E-state index < -0.39 is 6.04 Å². The Morgan fingerprint density at radius 1 is 1.10 bits per heavy atom. The molecule has 0 spiro atoms. The van der Waals surface area contributed by atoms with E-state index in [1.165, 1.54) is 11.1 Å². The number of hydrogen-bond donors (Lipinski definition) is 3. The molecular weight excluding hydrogens is 380 g/mol. The summed E-state index contributed by atoms with van der Waals surface area (Å²) < 4.78 is 0. The molecule has 7 heteroatoms. The first kappa shape index (κ1) is 18.8. The smallest absolute Gasteiger partial charge is 0.255 e. The van der Waals surface area contributed by atoms with Crippen LogP contribution < -0.4 is 16.4 Å². The quantitative estimate of drug-likeness (QED) is 0.670. The van der Waals surface area contributed by atoms with E-state index in [0.717, 1.165) is 29.7 Å². The molecule has 2 heterocycles. The van der Waals surface area contributed by atoms with Gasteiger partial charge in [-0.05, 0) is 59.7 Å². The van der Waals surface area contributed by atoms with Crippen molar-refractivity contribution in [2.45, 2.75) is 50.9 Å². The van der Waals surface area contributed by atoms with Crippen molar-refractivity contribution in [3.05, 3.63) is 64.2 Å². The highest BCUT2D eigenvalue weighted by Crippen LogP contribution is 2.31. The van der Waals surface area contributed by atoms with E-state index in [1.54, 1.807) is 4.90 Å². The minimum absolute atomic E-state index is 0.145. The zero-order valence-electron chi connectivity index (χ0n) is 16.6. The maximum atomic E-state index is 12.9. The lowest BCUT2D eigenvalue weighted by atomic mass is 10.0. The maximum Gasteiger partial charge on any atom is 0.255 e. The van der Waals surface area contributed by atoms with Crippen LogP contribution in [0.2, 0.25) is 0 Å². The number of benzene rings is 2. The molecule has 154 valence electrons. The molecule has 2 atom stereocenters. The van der Waals surface area contributed by atoms with Crippen molar-refractivity contribution in [1.82, 2.24) is 10.2 Å². The number of nitrogens with one attached hydrogen (secondary N) is 2. The molecule has 4 N–H and O–H groups in total. The molecule has 0 aromatic heterocycles. The molecule has 30 heavy (non-hydrogen) atoms. The van der Waals surface area contributed by atoms with Crippen molar-refractivity contribution in [3.8, 4) is 0 Å². The molecule has 3 aliphatic rings. The number of imide groups is 1.